The summed E-state index contributed by atoms with van der Waals surface area (Å²) in [4.78, 5) is 10.2. The van der Waals surface area contributed by atoms with E-state index in [0.29, 0.717) is 36.3 Å². The largest absolute Gasteiger partial charge is 0.293 e. The van der Waals surface area contributed by atoms with Gasteiger partial charge in [-0.05, 0) is 62.9 Å². The quantitative estimate of drug-likeness (QED) is 0.605. The molecule has 10 unspecified atom stereocenters. The number of hydrogen-bond acceptors (Lipinski definition) is 6. The summed E-state index contributed by atoms with van der Waals surface area (Å²) in [5.41, 5.74) is 0. The molecule has 194 valence electrons. The summed E-state index contributed by atoms with van der Waals surface area (Å²) < 4.78 is 35.9. The van der Waals surface area contributed by atoms with Crippen molar-refractivity contribution in [1.82, 2.24) is 19.6 Å². The van der Waals surface area contributed by atoms with Crippen molar-refractivity contribution < 1.29 is 13.0 Å². The number of rotatable bonds is 3. The molecule has 6 fully saturated rings. The molecule has 3 aliphatic heterocycles. The van der Waals surface area contributed by atoms with Crippen LogP contribution in [-0.4, -0.2) is 103 Å². The third kappa shape index (κ3) is 4.18. The van der Waals surface area contributed by atoms with Crippen LogP contribution in [0.15, 0.2) is 0 Å². The molecule has 6 rings (SSSR count). The molecule has 1 N–H and O–H groups in total. The van der Waals surface area contributed by atoms with E-state index in [1.54, 1.807) is 0 Å². The monoisotopic (exact) mass is 494 g/mol. The van der Waals surface area contributed by atoms with Crippen molar-refractivity contribution in [3.8, 4) is 0 Å². The molecule has 7 nitrogen and oxygen atoms in total. The maximum absolute atomic E-state index is 12.7. The van der Waals surface area contributed by atoms with Crippen LogP contribution < -0.4 is 0 Å². The highest BCUT2D eigenvalue weighted by atomic mass is 32.2. The molecule has 0 aromatic heterocycles. The molecule has 6 aliphatic rings. The van der Waals surface area contributed by atoms with E-state index in [1.807, 2.05) is 0 Å². The van der Waals surface area contributed by atoms with Crippen molar-refractivity contribution in [2.45, 2.75) is 88.1 Å². The van der Waals surface area contributed by atoms with Gasteiger partial charge in [0.15, 0.2) is 0 Å². The maximum Gasteiger partial charge on any atom is 0.269 e. The first-order valence-corrected chi connectivity index (χ1v) is 15.7. The highest BCUT2D eigenvalue weighted by molar-refractivity contribution is 7.86. The minimum Gasteiger partial charge on any atom is -0.293 e. The SMILES string of the molecule is CCN1CN(C)CC2CC(S(=O)(=O)O)C3C(CN4CN3CC3CC(C5CCCCC5)CCC34)C21. The van der Waals surface area contributed by atoms with Gasteiger partial charge in [0.05, 0.1) is 13.3 Å². The molecule has 3 saturated carbocycles. The lowest BCUT2D eigenvalue weighted by molar-refractivity contribution is -0.155. The topological polar surface area (TPSA) is 67.3 Å². The molecular formula is C26H46N4O3S. The molecule has 34 heavy (non-hydrogen) atoms. The van der Waals surface area contributed by atoms with Gasteiger partial charge in [0, 0.05) is 43.7 Å². The average molecular weight is 495 g/mol. The van der Waals surface area contributed by atoms with Crippen LogP contribution in [0.5, 0.6) is 0 Å². The zero-order valence-corrected chi connectivity index (χ0v) is 22.1. The molecule has 0 aromatic rings. The highest BCUT2D eigenvalue weighted by Gasteiger charge is 2.58. The molecule has 10 atom stereocenters. The maximum atomic E-state index is 12.7. The van der Waals surface area contributed by atoms with Crippen molar-refractivity contribution in [3.05, 3.63) is 0 Å². The van der Waals surface area contributed by atoms with Crippen LogP contribution >= 0.6 is 0 Å². The summed E-state index contributed by atoms with van der Waals surface area (Å²) in [5, 5.41) is -0.639. The van der Waals surface area contributed by atoms with Gasteiger partial charge in [-0.25, -0.2) is 0 Å². The summed E-state index contributed by atoms with van der Waals surface area (Å²) in [6.07, 6.45) is 11.7. The smallest absolute Gasteiger partial charge is 0.269 e. The Bertz CT molecular complexity index is 849. The van der Waals surface area contributed by atoms with Gasteiger partial charge >= 0.3 is 0 Å². The van der Waals surface area contributed by atoms with E-state index in [0.717, 1.165) is 51.4 Å². The van der Waals surface area contributed by atoms with Crippen molar-refractivity contribution in [2.75, 3.05) is 46.6 Å². The molecule has 0 radical (unpaired) electrons. The Morgan fingerprint density at radius 1 is 0.794 bits per heavy atom. The first-order valence-electron chi connectivity index (χ1n) is 14.2. The fraction of sp³-hybridized carbons (Fsp3) is 1.00. The van der Waals surface area contributed by atoms with Crippen LogP contribution in [0.2, 0.25) is 0 Å². The molecule has 3 saturated heterocycles. The Hall–Kier alpha value is -0.250. The second-order valence-corrected chi connectivity index (χ2v) is 14.4. The predicted molar refractivity (Wildman–Crippen MR) is 134 cm³/mol. The summed E-state index contributed by atoms with van der Waals surface area (Å²) in [6.45, 7) is 8.07. The van der Waals surface area contributed by atoms with E-state index in [2.05, 4.69) is 33.6 Å². The van der Waals surface area contributed by atoms with E-state index in [9.17, 15) is 13.0 Å². The minimum atomic E-state index is -4.08. The first kappa shape index (κ1) is 24.1. The molecule has 0 amide bonds. The Morgan fingerprint density at radius 2 is 1.59 bits per heavy atom. The molecular weight excluding hydrogens is 448 g/mol. The second kappa shape index (κ2) is 9.25. The van der Waals surface area contributed by atoms with Gasteiger partial charge in [0.25, 0.3) is 10.1 Å². The van der Waals surface area contributed by atoms with E-state index in [1.165, 1.54) is 51.4 Å². The zero-order chi connectivity index (χ0) is 23.6. The van der Waals surface area contributed by atoms with Gasteiger partial charge < -0.3 is 0 Å². The van der Waals surface area contributed by atoms with E-state index < -0.39 is 15.4 Å². The van der Waals surface area contributed by atoms with Crippen molar-refractivity contribution in [3.63, 3.8) is 0 Å². The van der Waals surface area contributed by atoms with Gasteiger partial charge in [-0.3, -0.25) is 24.2 Å². The highest BCUT2D eigenvalue weighted by Crippen LogP contribution is 2.49. The lowest BCUT2D eigenvalue weighted by Crippen LogP contribution is -2.75. The van der Waals surface area contributed by atoms with Gasteiger partial charge in [0.1, 0.15) is 5.25 Å². The van der Waals surface area contributed by atoms with E-state index in [-0.39, 0.29) is 6.04 Å². The Balaban J connectivity index is 1.27. The summed E-state index contributed by atoms with van der Waals surface area (Å²) in [6, 6.07) is 1.05. The lowest BCUT2D eigenvalue weighted by atomic mass is 9.65. The van der Waals surface area contributed by atoms with Crippen LogP contribution in [-0.2, 0) is 10.1 Å². The lowest BCUT2D eigenvalue weighted by Gasteiger charge is -2.64. The zero-order valence-electron chi connectivity index (χ0n) is 21.3. The van der Waals surface area contributed by atoms with Gasteiger partial charge in [0.2, 0.25) is 0 Å². The average Bonchev–Trinajstić information content (AvgIpc) is 2.82. The fourth-order valence-corrected chi connectivity index (χ4v) is 10.9. The summed E-state index contributed by atoms with van der Waals surface area (Å²) in [5.74, 6) is 3.06. The molecule has 0 spiro atoms. The summed E-state index contributed by atoms with van der Waals surface area (Å²) in [7, 11) is -1.94. The summed E-state index contributed by atoms with van der Waals surface area (Å²) >= 11 is 0. The normalized spacial score (nSPS) is 48.6. The standard InChI is InChI=1S/C26H46N4O3S/c1-3-28-16-27(2)13-21-12-24(34(31,32)33)26-22(25(21)28)15-29-17-30(26)14-20-11-19(9-10-23(20)29)18-7-5-4-6-8-18/h18-26H,3-17H2,1-2H3,(H,31,32,33). The molecule has 0 aromatic carbocycles. The Labute approximate surface area is 206 Å². The van der Waals surface area contributed by atoms with Crippen LogP contribution in [0.1, 0.15) is 64.7 Å². The third-order valence-electron chi connectivity index (χ3n) is 10.9. The molecule has 2 bridgehead atoms. The Kier molecular flexibility index (Phi) is 6.56. The number of hydrogen-bond donors (Lipinski definition) is 1. The van der Waals surface area contributed by atoms with Gasteiger partial charge in [-0.2, -0.15) is 8.42 Å². The predicted octanol–water partition coefficient (Wildman–Crippen LogP) is 2.79. The first-order chi connectivity index (χ1) is 16.3. The van der Waals surface area contributed by atoms with Gasteiger partial charge in [-0.1, -0.05) is 39.0 Å². The van der Waals surface area contributed by atoms with Crippen molar-refractivity contribution in [1.29, 1.82) is 0 Å². The minimum absolute atomic E-state index is 0.0408. The van der Waals surface area contributed by atoms with E-state index >= 15 is 0 Å². The number of fused-ring (bicyclic) bond motifs is 8. The Morgan fingerprint density at radius 3 is 2.32 bits per heavy atom. The third-order valence-corrected chi connectivity index (χ3v) is 12.2. The van der Waals surface area contributed by atoms with Crippen LogP contribution in [0, 0.1) is 29.6 Å². The molecule has 3 heterocycles. The van der Waals surface area contributed by atoms with Crippen molar-refractivity contribution >= 4 is 10.1 Å². The fourth-order valence-electron chi connectivity index (χ4n) is 9.72. The van der Waals surface area contributed by atoms with E-state index in [4.69, 9.17) is 0 Å². The molecule has 8 heteroatoms. The second-order valence-electron chi connectivity index (χ2n) is 12.8. The van der Waals surface area contributed by atoms with Crippen LogP contribution in [0.4, 0.5) is 0 Å². The van der Waals surface area contributed by atoms with Crippen LogP contribution in [0.3, 0.4) is 0 Å². The van der Waals surface area contributed by atoms with Gasteiger partial charge in [-0.15, -0.1) is 0 Å². The van der Waals surface area contributed by atoms with Crippen LogP contribution in [0.25, 0.3) is 0 Å². The van der Waals surface area contributed by atoms with Crippen molar-refractivity contribution in [2.24, 2.45) is 29.6 Å². The molecule has 3 aliphatic carbocycles. The number of nitrogens with zero attached hydrogens (tertiary/aromatic N) is 4.